The molecule has 334 valence electrons. The molecule has 5 nitrogen and oxygen atoms in total. The lowest BCUT2D eigenvalue weighted by atomic mass is 10.00. The van der Waals surface area contributed by atoms with Crippen LogP contribution in [0.3, 0.4) is 0 Å². The van der Waals surface area contributed by atoms with E-state index >= 15 is 0 Å². The van der Waals surface area contributed by atoms with E-state index in [0.717, 1.165) is 116 Å². The van der Waals surface area contributed by atoms with Crippen LogP contribution < -0.4 is 0 Å². The Balaban J connectivity index is 0.935. The molecule has 0 bridgehead atoms. The van der Waals surface area contributed by atoms with E-state index in [-0.39, 0.29) is 0 Å². The minimum absolute atomic E-state index is 0.874. The van der Waals surface area contributed by atoms with Crippen molar-refractivity contribution in [3.63, 3.8) is 0 Å². The Bertz CT molecular complexity index is 5170. The number of aromatic nitrogens is 3. The molecule has 17 rings (SSSR count). The third kappa shape index (κ3) is 5.15. The summed E-state index contributed by atoms with van der Waals surface area (Å²) >= 11 is 1.85. The van der Waals surface area contributed by atoms with E-state index in [2.05, 4.69) is 226 Å². The van der Waals surface area contributed by atoms with Crippen molar-refractivity contribution < 1.29 is 8.83 Å². The summed E-state index contributed by atoms with van der Waals surface area (Å²) in [6.07, 6.45) is 0. The van der Waals surface area contributed by atoms with Crippen LogP contribution >= 0.6 is 11.3 Å². The van der Waals surface area contributed by atoms with E-state index in [1.165, 1.54) is 42.0 Å². The maximum absolute atomic E-state index is 7.48. The van der Waals surface area contributed by atoms with Gasteiger partial charge in [0.05, 0.1) is 43.9 Å². The molecule has 0 unspecified atom stereocenters. The van der Waals surface area contributed by atoms with Gasteiger partial charge >= 0.3 is 0 Å². The van der Waals surface area contributed by atoms with Gasteiger partial charge in [0.15, 0.2) is 0 Å². The maximum atomic E-state index is 7.48. The van der Waals surface area contributed by atoms with Gasteiger partial charge in [-0.2, -0.15) is 0 Å². The molecule has 0 radical (unpaired) electrons. The van der Waals surface area contributed by atoms with Crippen LogP contribution in [0.2, 0.25) is 0 Å². The quantitative estimate of drug-likeness (QED) is 0.176. The van der Waals surface area contributed by atoms with Gasteiger partial charge in [0, 0.05) is 80.3 Å². The standard InChI is InChI=1S/C66H37N3O2S/c1-2-12-40(13-3-1)67-53-18-8-4-14-43(53)49-34-38(22-28-55(49)67)39-23-29-56-52(35-39)64-58(69(56)41-24-32-60-50(36-41)44-15-6-10-20-59(44)70-60)31-27-47-46-26-30-57-63(65(46)71-66(47)64)48-17-5-9-19-54(48)68(57)42-25-33-62-51(37-42)45-16-7-11-21-61(45)72-62/h1-37H. The lowest BCUT2D eigenvalue weighted by molar-refractivity contribution is 0.669. The van der Waals surface area contributed by atoms with Crippen molar-refractivity contribution in [3.05, 3.63) is 224 Å². The first-order valence-corrected chi connectivity index (χ1v) is 25.3. The Morgan fingerprint density at radius 2 is 0.778 bits per heavy atom. The number of hydrogen-bond acceptors (Lipinski definition) is 3. The summed E-state index contributed by atoms with van der Waals surface area (Å²) in [5.74, 6) is 0. The van der Waals surface area contributed by atoms with Crippen molar-refractivity contribution in [3.8, 4) is 28.2 Å². The van der Waals surface area contributed by atoms with Gasteiger partial charge in [0.1, 0.15) is 22.3 Å². The predicted octanol–water partition coefficient (Wildman–Crippen LogP) is 18.8. The summed E-state index contributed by atoms with van der Waals surface area (Å²) in [5.41, 5.74) is 16.0. The number of hydrogen-bond donors (Lipinski definition) is 0. The van der Waals surface area contributed by atoms with Crippen molar-refractivity contribution >= 4 is 141 Å². The second-order valence-corrected chi connectivity index (χ2v) is 20.3. The Morgan fingerprint density at radius 1 is 0.264 bits per heavy atom. The summed E-state index contributed by atoms with van der Waals surface area (Å²) in [7, 11) is 0. The van der Waals surface area contributed by atoms with Crippen LogP contribution in [0.15, 0.2) is 233 Å². The summed E-state index contributed by atoms with van der Waals surface area (Å²) < 4.78 is 23.6. The van der Waals surface area contributed by atoms with Gasteiger partial charge in [0.2, 0.25) is 0 Å². The number of thiophene rings is 1. The molecule has 6 heteroatoms. The first-order valence-electron chi connectivity index (χ1n) is 24.5. The lowest BCUT2D eigenvalue weighted by Crippen LogP contribution is -1.93. The maximum Gasteiger partial charge on any atom is 0.145 e. The molecule has 72 heavy (non-hydrogen) atoms. The molecule has 0 aliphatic rings. The topological polar surface area (TPSA) is 41.1 Å². The van der Waals surface area contributed by atoms with E-state index in [0.29, 0.717) is 0 Å². The zero-order valence-corrected chi connectivity index (χ0v) is 39.2. The molecular weight excluding hydrogens is 899 g/mol. The fraction of sp³-hybridized carbons (Fsp3) is 0. The number of rotatable bonds is 4. The second kappa shape index (κ2) is 14.1. The van der Waals surface area contributed by atoms with Crippen LogP contribution in [0.25, 0.3) is 158 Å². The third-order valence-corrected chi connectivity index (χ3v) is 16.6. The van der Waals surface area contributed by atoms with E-state index in [1.807, 2.05) is 23.5 Å². The molecule has 0 aliphatic heterocycles. The highest BCUT2D eigenvalue weighted by molar-refractivity contribution is 7.25. The molecule has 0 spiro atoms. The molecule has 17 aromatic rings. The highest BCUT2D eigenvalue weighted by Crippen LogP contribution is 2.47. The highest BCUT2D eigenvalue weighted by Gasteiger charge is 2.24. The van der Waals surface area contributed by atoms with Gasteiger partial charge in [-0.05, 0) is 132 Å². The number of fused-ring (bicyclic) bond motifs is 20. The van der Waals surface area contributed by atoms with Gasteiger partial charge in [-0.3, -0.25) is 0 Å². The first kappa shape index (κ1) is 38.5. The monoisotopic (exact) mass is 935 g/mol. The summed E-state index contributed by atoms with van der Waals surface area (Å²) in [6, 6.07) is 81.8. The highest BCUT2D eigenvalue weighted by atomic mass is 32.1. The zero-order chi connectivity index (χ0) is 46.8. The van der Waals surface area contributed by atoms with Crippen molar-refractivity contribution in [2.24, 2.45) is 0 Å². The molecule has 0 aliphatic carbocycles. The van der Waals surface area contributed by atoms with E-state index < -0.39 is 0 Å². The largest absolute Gasteiger partial charge is 0.456 e. The molecular formula is C66H37N3O2S. The Kier molecular flexibility index (Phi) is 7.55. The first-order chi connectivity index (χ1) is 35.7. The fourth-order valence-electron chi connectivity index (χ4n) is 12.3. The van der Waals surface area contributed by atoms with E-state index in [1.54, 1.807) is 0 Å². The normalized spacial score (nSPS) is 12.4. The minimum atomic E-state index is 0.874. The molecule has 0 fully saturated rings. The fourth-order valence-corrected chi connectivity index (χ4v) is 13.4. The molecule has 6 heterocycles. The minimum Gasteiger partial charge on any atom is -0.456 e. The van der Waals surface area contributed by atoms with Crippen molar-refractivity contribution in [1.82, 2.24) is 13.7 Å². The average molecular weight is 936 g/mol. The summed E-state index contributed by atoms with van der Waals surface area (Å²) in [5, 5.41) is 13.9. The van der Waals surface area contributed by atoms with Crippen LogP contribution in [0.4, 0.5) is 0 Å². The zero-order valence-electron chi connectivity index (χ0n) is 38.4. The van der Waals surface area contributed by atoms with E-state index in [9.17, 15) is 0 Å². The van der Waals surface area contributed by atoms with Crippen molar-refractivity contribution in [1.29, 1.82) is 0 Å². The number of nitrogens with zero attached hydrogens (tertiary/aromatic N) is 3. The van der Waals surface area contributed by atoms with Gasteiger partial charge in [0.25, 0.3) is 0 Å². The number of furan rings is 2. The van der Waals surface area contributed by atoms with Gasteiger partial charge < -0.3 is 22.5 Å². The molecule has 0 N–H and O–H groups in total. The molecule has 0 saturated heterocycles. The lowest BCUT2D eigenvalue weighted by Gasteiger charge is -2.09. The molecule has 6 aromatic heterocycles. The Labute approximate surface area is 413 Å². The van der Waals surface area contributed by atoms with Crippen LogP contribution in [-0.4, -0.2) is 13.7 Å². The SMILES string of the molecule is c1ccc(-n2c3ccccc3c3cc(-c4ccc5c(c4)c4c6oc7c(ccc8c7c7ccccc7n8-c7ccc8sc9ccccc9c8c7)c6ccc4n5-c4ccc5oc6ccccc6c5c4)ccc32)cc1. The van der Waals surface area contributed by atoms with Gasteiger partial charge in [-0.1, -0.05) is 103 Å². The Hall–Kier alpha value is -9.36. The van der Waals surface area contributed by atoms with Crippen LogP contribution in [0.5, 0.6) is 0 Å². The molecule has 0 atom stereocenters. The average Bonchev–Trinajstić information content (AvgIpc) is 4.29. The number of para-hydroxylation sites is 4. The molecule has 11 aromatic carbocycles. The predicted molar refractivity (Wildman–Crippen MR) is 302 cm³/mol. The summed E-state index contributed by atoms with van der Waals surface area (Å²) in [4.78, 5) is 0. The molecule has 0 amide bonds. The Morgan fingerprint density at radius 3 is 1.54 bits per heavy atom. The third-order valence-electron chi connectivity index (χ3n) is 15.4. The molecule has 0 saturated carbocycles. The van der Waals surface area contributed by atoms with Crippen molar-refractivity contribution in [2.75, 3.05) is 0 Å². The second-order valence-electron chi connectivity index (χ2n) is 19.2. The van der Waals surface area contributed by atoms with Gasteiger partial charge in [-0.25, -0.2) is 0 Å². The smallest absolute Gasteiger partial charge is 0.145 e. The number of benzene rings is 11. The summed E-state index contributed by atoms with van der Waals surface area (Å²) in [6.45, 7) is 0. The van der Waals surface area contributed by atoms with Crippen molar-refractivity contribution in [2.45, 2.75) is 0 Å². The van der Waals surface area contributed by atoms with E-state index in [4.69, 9.17) is 8.83 Å². The van der Waals surface area contributed by atoms with Crippen LogP contribution in [-0.2, 0) is 0 Å². The van der Waals surface area contributed by atoms with Crippen LogP contribution in [0.1, 0.15) is 0 Å². The van der Waals surface area contributed by atoms with Crippen LogP contribution in [0, 0.1) is 0 Å². The van der Waals surface area contributed by atoms with Gasteiger partial charge in [-0.15, -0.1) is 11.3 Å².